The zero-order valence-electron chi connectivity index (χ0n) is 12.6. The number of hydrogen-bond donors (Lipinski definition) is 2. The van der Waals surface area contributed by atoms with E-state index in [0.717, 1.165) is 16.6 Å². The van der Waals surface area contributed by atoms with Gasteiger partial charge in [0.1, 0.15) is 6.61 Å². The van der Waals surface area contributed by atoms with Gasteiger partial charge in [-0.15, -0.1) is 0 Å². The fraction of sp³-hybridized carbons (Fsp3) is 0.600. The van der Waals surface area contributed by atoms with E-state index < -0.39 is 0 Å². The predicted molar refractivity (Wildman–Crippen MR) is 84.5 cm³/mol. The van der Waals surface area contributed by atoms with Crippen molar-refractivity contribution in [2.24, 2.45) is 0 Å². The number of benzene rings is 1. The first-order chi connectivity index (χ1) is 9.37. The standard InChI is InChI=1S/C15H24BrNO3/c1-5-19-13-9-11(10-17-15(2,3)4)8-12(16)14(13)20-7-6-18/h8-9,17-18H,5-7,10H2,1-4H3. The molecule has 1 aromatic rings. The van der Waals surface area contributed by atoms with Gasteiger partial charge in [0.25, 0.3) is 0 Å². The van der Waals surface area contributed by atoms with Crippen LogP contribution in [0.4, 0.5) is 0 Å². The van der Waals surface area contributed by atoms with Crippen molar-refractivity contribution >= 4 is 15.9 Å². The molecule has 0 saturated carbocycles. The lowest BCUT2D eigenvalue weighted by atomic mass is 10.1. The first-order valence-electron chi connectivity index (χ1n) is 6.81. The molecule has 0 spiro atoms. The number of ether oxygens (including phenoxy) is 2. The molecule has 0 radical (unpaired) electrons. The summed E-state index contributed by atoms with van der Waals surface area (Å²) in [6, 6.07) is 3.98. The number of nitrogens with one attached hydrogen (secondary N) is 1. The summed E-state index contributed by atoms with van der Waals surface area (Å²) in [5, 5.41) is 12.3. The molecular weight excluding hydrogens is 322 g/mol. The second-order valence-corrected chi connectivity index (χ2v) is 6.37. The molecule has 0 fully saturated rings. The van der Waals surface area contributed by atoms with Crippen LogP contribution in [0.3, 0.4) is 0 Å². The minimum Gasteiger partial charge on any atom is -0.490 e. The smallest absolute Gasteiger partial charge is 0.175 e. The summed E-state index contributed by atoms with van der Waals surface area (Å²) in [7, 11) is 0. The Morgan fingerprint density at radius 1 is 1.25 bits per heavy atom. The van der Waals surface area contributed by atoms with Crippen LogP contribution >= 0.6 is 15.9 Å². The number of aliphatic hydroxyl groups excluding tert-OH is 1. The van der Waals surface area contributed by atoms with Gasteiger partial charge in [0.2, 0.25) is 0 Å². The number of aliphatic hydroxyl groups is 1. The van der Waals surface area contributed by atoms with Gasteiger partial charge in [-0.25, -0.2) is 0 Å². The lowest BCUT2D eigenvalue weighted by molar-refractivity contribution is 0.193. The van der Waals surface area contributed by atoms with E-state index in [0.29, 0.717) is 18.1 Å². The minimum absolute atomic E-state index is 0.0225. The van der Waals surface area contributed by atoms with Gasteiger partial charge in [-0.1, -0.05) is 0 Å². The maximum absolute atomic E-state index is 8.88. The van der Waals surface area contributed by atoms with Crippen molar-refractivity contribution in [3.05, 3.63) is 22.2 Å². The first kappa shape index (κ1) is 17.3. The van der Waals surface area contributed by atoms with Gasteiger partial charge < -0.3 is 19.9 Å². The van der Waals surface area contributed by atoms with Crippen molar-refractivity contribution in [2.45, 2.75) is 39.8 Å². The van der Waals surface area contributed by atoms with Crippen molar-refractivity contribution in [2.75, 3.05) is 19.8 Å². The van der Waals surface area contributed by atoms with Gasteiger partial charge in [0.15, 0.2) is 11.5 Å². The van der Waals surface area contributed by atoms with Gasteiger partial charge in [-0.3, -0.25) is 0 Å². The summed E-state index contributed by atoms with van der Waals surface area (Å²) in [4.78, 5) is 0. The molecule has 0 atom stereocenters. The molecule has 1 rings (SSSR count). The molecule has 20 heavy (non-hydrogen) atoms. The van der Waals surface area contributed by atoms with Crippen molar-refractivity contribution in [3.63, 3.8) is 0 Å². The number of rotatable bonds is 7. The fourth-order valence-electron chi connectivity index (χ4n) is 1.64. The summed E-state index contributed by atoms with van der Waals surface area (Å²) in [6.07, 6.45) is 0. The molecule has 0 aromatic heterocycles. The van der Waals surface area contributed by atoms with Crippen LogP contribution in [0.1, 0.15) is 33.3 Å². The molecule has 0 unspecified atom stereocenters. The quantitative estimate of drug-likeness (QED) is 0.797. The predicted octanol–water partition coefficient (Wildman–Crippen LogP) is 3.11. The molecule has 1 aromatic carbocycles. The molecule has 0 heterocycles. The zero-order valence-corrected chi connectivity index (χ0v) is 14.2. The van der Waals surface area contributed by atoms with Gasteiger partial charge in [-0.05, 0) is 61.3 Å². The van der Waals surface area contributed by atoms with Crippen molar-refractivity contribution in [3.8, 4) is 11.5 Å². The highest BCUT2D eigenvalue weighted by molar-refractivity contribution is 9.10. The number of halogens is 1. The Morgan fingerprint density at radius 3 is 2.50 bits per heavy atom. The van der Waals surface area contributed by atoms with Crippen molar-refractivity contribution < 1.29 is 14.6 Å². The molecule has 0 amide bonds. The van der Waals surface area contributed by atoms with E-state index in [2.05, 4.69) is 42.0 Å². The van der Waals surface area contributed by atoms with E-state index in [4.69, 9.17) is 14.6 Å². The topological polar surface area (TPSA) is 50.7 Å². The van der Waals surface area contributed by atoms with E-state index in [1.54, 1.807) is 0 Å². The largest absolute Gasteiger partial charge is 0.490 e. The second kappa shape index (κ2) is 7.86. The highest BCUT2D eigenvalue weighted by atomic mass is 79.9. The maximum Gasteiger partial charge on any atom is 0.175 e. The van der Waals surface area contributed by atoms with Crippen LogP contribution in [-0.4, -0.2) is 30.5 Å². The Labute approximate surface area is 129 Å². The molecule has 5 heteroatoms. The SMILES string of the molecule is CCOc1cc(CNC(C)(C)C)cc(Br)c1OCCO. The Balaban J connectivity index is 2.93. The molecule has 0 bridgehead atoms. The first-order valence-corrected chi connectivity index (χ1v) is 7.60. The summed E-state index contributed by atoms with van der Waals surface area (Å²) in [5.74, 6) is 1.33. The monoisotopic (exact) mass is 345 g/mol. The van der Waals surface area contributed by atoms with Crippen molar-refractivity contribution in [1.82, 2.24) is 5.32 Å². The molecule has 114 valence electrons. The Hall–Kier alpha value is -0.780. The van der Waals surface area contributed by atoms with Gasteiger partial charge in [-0.2, -0.15) is 0 Å². The van der Waals surface area contributed by atoms with Gasteiger partial charge in [0.05, 0.1) is 17.7 Å². The Bertz CT molecular complexity index is 430. The van der Waals surface area contributed by atoms with E-state index in [1.165, 1.54) is 0 Å². The molecule has 0 saturated heterocycles. The third-order valence-electron chi connectivity index (χ3n) is 2.53. The minimum atomic E-state index is -0.0225. The van der Waals surface area contributed by atoms with E-state index >= 15 is 0 Å². The van der Waals surface area contributed by atoms with Crippen LogP contribution in [0.2, 0.25) is 0 Å². The van der Waals surface area contributed by atoms with Gasteiger partial charge >= 0.3 is 0 Å². The average molecular weight is 346 g/mol. The fourth-order valence-corrected chi connectivity index (χ4v) is 2.25. The van der Waals surface area contributed by atoms with Crippen molar-refractivity contribution in [1.29, 1.82) is 0 Å². The van der Waals surface area contributed by atoms with Crippen LogP contribution in [-0.2, 0) is 6.54 Å². The van der Waals surface area contributed by atoms with Crippen LogP contribution in [0, 0.1) is 0 Å². The zero-order chi connectivity index (χ0) is 15.2. The third kappa shape index (κ3) is 5.69. The molecule has 4 nitrogen and oxygen atoms in total. The average Bonchev–Trinajstić information content (AvgIpc) is 2.35. The maximum atomic E-state index is 8.88. The Morgan fingerprint density at radius 2 is 1.95 bits per heavy atom. The lowest BCUT2D eigenvalue weighted by Crippen LogP contribution is -2.35. The highest BCUT2D eigenvalue weighted by Gasteiger charge is 2.14. The lowest BCUT2D eigenvalue weighted by Gasteiger charge is -2.21. The van der Waals surface area contributed by atoms with E-state index in [-0.39, 0.29) is 18.8 Å². The van der Waals surface area contributed by atoms with Crippen LogP contribution in [0.15, 0.2) is 16.6 Å². The molecule has 0 aliphatic rings. The second-order valence-electron chi connectivity index (χ2n) is 5.51. The van der Waals surface area contributed by atoms with Crippen LogP contribution < -0.4 is 14.8 Å². The molecule has 0 aliphatic heterocycles. The number of hydrogen-bond acceptors (Lipinski definition) is 4. The van der Waals surface area contributed by atoms with Crippen LogP contribution in [0.25, 0.3) is 0 Å². The van der Waals surface area contributed by atoms with Gasteiger partial charge in [0, 0.05) is 12.1 Å². The summed E-state index contributed by atoms with van der Waals surface area (Å²) >= 11 is 3.50. The molecule has 2 N–H and O–H groups in total. The van der Waals surface area contributed by atoms with E-state index in [9.17, 15) is 0 Å². The highest BCUT2D eigenvalue weighted by Crippen LogP contribution is 2.37. The normalized spacial score (nSPS) is 11.5. The van der Waals surface area contributed by atoms with Crippen LogP contribution in [0.5, 0.6) is 11.5 Å². The summed E-state index contributed by atoms with van der Waals surface area (Å²) in [5.41, 5.74) is 1.18. The summed E-state index contributed by atoms with van der Waals surface area (Å²) < 4.78 is 12.0. The third-order valence-corrected chi connectivity index (χ3v) is 3.12. The molecular formula is C15H24BrNO3. The summed E-state index contributed by atoms with van der Waals surface area (Å²) in [6.45, 7) is 9.87. The molecule has 0 aliphatic carbocycles. The Kier molecular flexibility index (Phi) is 6.79. The van der Waals surface area contributed by atoms with E-state index in [1.807, 2.05) is 19.1 Å².